The van der Waals surface area contributed by atoms with E-state index in [4.69, 9.17) is 10.00 Å². The molecule has 0 N–H and O–H groups in total. The zero-order valence-corrected chi connectivity index (χ0v) is 8.39. The van der Waals surface area contributed by atoms with Gasteiger partial charge < -0.3 is 4.74 Å². The summed E-state index contributed by atoms with van der Waals surface area (Å²) in [5, 5.41) is 8.89. The number of carbonyl (C=O) groups is 1. The van der Waals surface area contributed by atoms with Gasteiger partial charge in [0.1, 0.15) is 18.5 Å². The summed E-state index contributed by atoms with van der Waals surface area (Å²) in [4.78, 5) is 12.8. The maximum Gasteiger partial charge on any atom is 0.254 e. The van der Waals surface area contributed by atoms with Crippen LogP contribution in [-0.2, 0) is 9.53 Å². The van der Waals surface area contributed by atoms with E-state index in [0.29, 0.717) is 0 Å². The molecule has 1 saturated heterocycles. The quantitative estimate of drug-likeness (QED) is 0.711. The van der Waals surface area contributed by atoms with Gasteiger partial charge in [0.2, 0.25) is 0 Å². The lowest BCUT2D eigenvalue weighted by molar-refractivity contribution is -0.126. The van der Waals surface area contributed by atoms with Crippen molar-refractivity contribution in [2.45, 2.75) is 6.04 Å². The molecule has 0 radical (unpaired) electrons. The molecule has 0 aliphatic carbocycles. The lowest BCUT2D eigenvalue weighted by atomic mass is 10.2. The molecule has 2 rings (SSSR count). The summed E-state index contributed by atoms with van der Waals surface area (Å²) >= 11 is 0. The van der Waals surface area contributed by atoms with Crippen LogP contribution in [0.4, 0.5) is 10.1 Å². The van der Waals surface area contributed by atoms with Gasteiger partial charge in [-0.3, -0.25) is 9.69 Å². The first kappa shape index (κ1) is 10.6. The van der Waals surface area contributed by atoms with Gasteiger partial charge in [-0.15, -0.1) is 0 Å². The summed E-state index contributed by atoms with van der Waals surface area (Å²) in [6, 6.07) is 7.04. The highest BCUT2D eigenvalue weighted by Gasteiger charge is 2.31. The number of rotatable bonds is 1. The van der Waals surface area contributed by atoms with Crippen LogP contribution in [0.25, 0.3) is 0 Å². The van der Waals surface area contributed by atoms with E-state index in [1.54, 1.807) is 6.07 Å². The number of ether oxygens (including phenoxy) is 1. The standard InChI is InChI=1S/C11H9FN2O2/c12-9-3-1-2-4-10(9)14-8(5-13)6-16-7-11(14)15/h1-4,8H,6-7H2. The van der Waals surface area contributed by atoms with Gasteiger partial charge >= 0.3 is 0 Å². The van der Waals surface area contributed by atoms with Crippen LogP contribution in [0, 0.1) is 17.1 Å². The van der Waals surface area contributed by atoms with E-state index in [1.807, 2.05) is 6.07 Å². The highest BCUT2D eigenvalue weighted by Crippen LogP contribution is 2.23. The SMILES string of the molecule is N#CC1COCC(=O)N1c1ccccc1F. The predicted molar refractivity (Wildman–Crippen MR) is 54.1 cm³/mol. The molecule has 1 aliphatic rings. The van der Waals surface area contributed by atoms with Gasteiger partial charge in [0, 0.05) is 0 Å². The van der Waals surface area contributed by atoms with Gasteiger partial charge in [0.05, 0.1) is 18.4 Å². The number of halogens is 1. The van der Waals surface area contributed by atoms with E-state index in [9.17, 15) is 9.18 Å². The number of nitriles is 1. The molecule has 1 heterocycles. The summed E-state index contributed by atoms with van der Waals surface area (Å²) in [6.07, 6.45) is 0. The van der Waals surface area contributed by atoms with Crippen LogP contribution >= 0.6 is 0 Å². The Morgan fingerprint density at radius 3 is 2.94 bits per heavy atom. The second-order valence-corrected chi connectivity index (χ2v) is 3.38. The molecule has 0 saturated carbocycles. The molecule has 0 aromatic heterocycles. The monoisotopic (exact) mass is 220 g/mol. The fourth-order valence-electron chi connectivity index (χ4n) is 1.62. The van der Waals surface area contributed by atoms with Gasteiger partial charge in [-0.05, 0) is 12.1 Å². The first-order valence-electron chi connectivity index (χ1n) is 4.78. The van der Waals surface area contributed by atoms with E-state index >= 15 is 0 Å². The fraction of sp³-hybridized carbons (Fsp3) is 0.273. The summed E-state index contributed by atoms with van der Waals surface area (Å²) < 4.78 is 18.5. The fourth-order valence-corrected chi connectivity index (χ4v) is 1.62. The lowest BCUT2D eigenvalue weighted by Gasteiger charge is -2.31. The number of hydrogen-bond acceptors (Lipinski definition) is 3. The second-order valence-electron chi connectivity index (χ2n) is 3.38. The first-order chi connectivity index (χ1) is 7.74. The van der Waals surface area contributed by atoms with Crippen molar-refractivity contribution in [1.29, 1.82) is 5.26 Å². The Hall–Kier alpha value is -1.93. The van der Waals surface area contributed by atoms with Gasteiger partial charge in [0.15, 0.2) is 0 Å². The molecule has 1 aromatic rings. The number of amides is 1. The molecule has 1 unspecified atom stereocenters. The van der Waals surface area contributed by atoms with Crippen molar-refractivity contribution in [3.63, 3.8) is 0 Å². The maximum absolute atomic E-state index is 13.5. The molecule has 0 spiro atoms. The average Bonchev–Trinajstić information content (AvgIpc) is 2.30. The highest BCUT2D eigenvalue weighted by atomic mass is 19.1. The van der Waals surface area contributed by atoms with Crippen molar-refractivity contribution in [1.82, 2.24) is 0 Å². The number of carbonyl (C=O) groups excluding carboxylic acids is 1. The number of anilines is 1. The number of hydrogen-bond donors (Lipinski definition) is 0. The average molecular weight is 220 g/mol. The molecular weight excluding hydrogens is 211 g/mol. The van der Waals surface area contributed by atoms with Crippen molar-refractivity contribution in [3.05, 3.63) is 30.1 Å². The van der Waals surface area contributed by atoms with E-state index in [0.717, 1.165) is 4.90 Å². The largest absolute Gasteiger partial charge is 0.368 e. The van der Waals surface area contributed by atoms with Crippen LogP contribution in [0.15, 0.2) is 24.3 Å². The topological polar surface area (TPSA) is 53.3 Å². The molecule has 5 heteroatoms. The molecule has 1 aliphatic heterocycles. The van der Waals surface area contributed by atoms with E-state index in [2.05, 4.69) is 0 Å². The Morgan fingerprint density at radius 1 is 1.50 bits per heavy atom. The second kappa shape index (κ2) is 4.29. The third-order valence-electron chi connectivity index (χ3n) is 2.34. The van der Waals surface area contributed by atoms with Crippen molar-refractivity contribution in [2.24, 2.45) is 0 Å². The van der Waals surface area contributed by atoms with Crippen LogP contribution in [0.5, 0.6) is 0 Å². The van der Waals surface area contributed by atoms with Crippen molar-refractivity contribution < 1.29 is 13.9 Å². The van der Waals surface area contributed by atoms with Gasteiger partial charge in [-0.25, -0.2) is 4.39 Å². The Labute approximate surface area is 91.8 Å². The third kappa shape index (κ3) is 1.75. The highest BCUT2D eigenvalue weighted by molar-refractivity contribution is 5.96. The Morgan fingerprint density at radius 2 is 2.25 bits per heavy atom. The molecule has 1 amide bonds. The molecule has 4 nitrogen and oxygen atoms in total. The summed E-state index contributed by atoms with van der Waals surface area (Å²) in [7, 11) is 0. The molecule has 1 atom stereocenters. The predicted octanol–water partition coefficient (Wildman–Crippen LogP) is 1.08. The Kier molecular flexibility index (Phi) is 2.84. The number of para-hydroxylation sites is 1. The van der Waals surface area contributed by atoms with Crippen LogP contribution < -0.4 is 4.90 Å². The van der Waals surface area contributed by atoms with Gasteiger partial charge in [-0.2, -0.15) is 5.26 Å². The number of benzene rings is 1. The summed E-state index contributed by atoms with van der Waals surface area (Å²) in [5.41, 5.74) is 0.127. The Balaban J connectivity index is 2.40. The number of morpholine rings is 1. The molecule has 0 bridgehead atoms. The summed E-state index contributed by atoms with van der Waals surface area (Å²) in [6.45, 7) is -0.0108. The van der Waals surface area contributed by atoms with E-state index in [1.165, 1.54) is 18.2 Å². The minimum absolute atomic E-state index is 0.108. The van der Waals surface area contributed by atoms with Crippen LogP contribution in [0.1, 0.15) is 0 Å². The zero-order valence-electron chi connectivity index (χ0n) is 8.39. The van der Waals surface area contributed by atoms with Crippen molar-refractivity contribution >= 4 is 11.6 Å². The van der Waals surface area contributed by atoms with Crippen LogP contribution in [0.2, 0.25) is 0 Å². The number of nitrogens with zero attached hydrogens (tertiary/aromatic N) is 2. The zero-order chi connectivity index (χ0) is 11.5. The van der Waals surface area contributed by atoms with Gasteiger partial charge in [-0.1, -0.05) is 12.1 Å². The molecule has 1 aromatic carbocycles. The lowest BCUT2D eigenvalue weighted by Crippen LogP contribution is -2.49. The Bertz CT molecular complexity index is 456. The van der Waals surface area contributed by atoms with Gasteiger partial charge in [0.25, 0.3) is 5.91 Å². The van der Waals surface area contributed by atoms with Crippen LogP contribution in [-0.4, -0.2) is 25.2 Å². The van der Waals surface area contributed by atoms with Crippen molar-refractivity contribution in [3.8, 4) is 6.07 Å². The normalized spacial score (nSPS) is 20.6. The molecule has 16 heavy (non-hydrogen) atoms. The first-order valence-corrected chi connectivity index (χ1v) is 4.78. The smallest absolute Gasteiger partial charge is 0.254 e. The van der Waals surface area contributed by atoms with Crippen LogP contribution in [0.3, 0.4) is 0 Å². The van der Waals surface area contributed by atoms with Crippen molar-refractivity contribution in [2.75, 3.05) is 18.1 Å². The van der Waals surface area contributed by atoms with E-state index in [-0.39, 0.29) is 18.9 Å². The molecule has 1 fully saturated rings. The summed E-state index contributed by atoms with van der Waals surface area (Å²) in [5.74, 6) is -0.916. The molecule has 82 valence electrons. The van der Waals surface area contributed by atoms with E-state index < -0.39 is 17.8 Å². The molecular formula is C11H9FN2O2. The maximum atomic E-state index is 13.5. The minimum atomic E-state index is -0.766. The third-order valence-corrected chi connectivity index (χ3v) is 2.34. The minimum Gasteiger partial charge on any atom is -0.368 e.